The zero-order valence-electron chi connectivity index (χ0n) is 18.3. The van der Waals surface area contributed by atoms with Gasteiger partial charge in [0.15, 0.2) is 5.54 Å². The van der Waals surface area contributed by atoms with E-state index in [0.29, 0.717) is 30.8 Å². The number of aryl methyl sites for hydroxylation is 2. The molecule has 1 aromatic carbocycles. The number of piperazine rings is 1. The van der Waals surface area contributed by atoms with E-state index in [1.165, 1.54) is 12.1 Å². The van der Waals surface area contributed by atoms with E-state index >= 15 is 0 Å². The molecular formula is C23H26FN5O3. The van der Waals surface area contributed by atoms with E-state index in [-0.39, 0.29) is 11.9 Å². The highest BCUT2D eigenvalue weighted by molar-refractivity contribution is 6.07. The standard InChI is InChI=1S/C23H26FN5O3/c1-14-10-15(2)19(25-11-14)28-8-9-29(16(3)12-28)20(30)17-4-6-18(7-5-17)23(13-24)21(31)26-22(32)27-23/h4-7,10-11,16H,8-9,12-13H2,1-3H3,(H2,26,27,31,32). The Morgan fingerprint density at radius 2 is 1.94 bits per heavy atom. The molecule has 0 radical (unpaired) electrons. The third-order valence-electron chi connectivity index (χ3n) is 6.14. The number of hydrogen-bond acceptors (Lipinski definition) is 5. The largest absolute Gasteiger partial charge is 0.353 e. The van der Waals surface area contributed by atoms with Crippen LogP contribution in [0.2, 0.25) is 0 Å². The van der Waals surface area contributed by atoms with E-state index in [0.717, 1.165) is 16.9 Å². The van der Waals surface area contributed by atoms with Crippen LogP contribution in [0.4, 0.5) is 15.0 Å². The van der Waals surface area contributed by atoms with Gasteiger partial charge in [0.2, 0.25) is 0 Å². The van der Waals surface area contributed by atoms with Crippen molar-refractivity contribution in [3.63, 3.8) is 0 Å². The van der Waals surface area contributed by atoms with E-state index in [9.17, 15) is 18.8 Å². The molecule has 3 heterocycles. The van der Waals surface area contributed by atoms with Crippen molar-refractivity contribution in [2.75, 3.05) is 31.2 Å². The summed E-state index contributed by atoms with van der Waals surface area (Å²) in [5.74, 6) is 0.0626. The van der Waals surface area contributed by atoms with Crippen molar-refractivity contribution in [1.29, 1.82) is 0 Å². The number of carbonyl (C=O) groups is 3. The number of urea groups is 1. The molecule has 2 aromatic rings. The molecule has 2 unspecified atom stereocenters. The summed E-state index contributed by atoms with van der Waals surface area (Å²) in [6, 6.07) is 7.49. The smallest absolute Gasteiger partial charge is 0.322 e. The lowest BCUT2D eigenvalue weighted by atomic mass is 9.90. The van der Waals surface area contributed by atoms with Crippen molar-refractivity contribution < 1.29 is 18.8 Å². The maximum atomic E-state index is 13.7. The zero-order chi connectivity index (χ0) is 23.0. The number of nitrogens with zero attached hydrogens (tertiary/aromatic N) is 3. The first kappa shape index (κ1) is 21.7. The minimum Gasteiger partial charge on any atom is -0.353 e. The van der Waals surface area contributed by atoms with Gasteiger partial charge in [0.25, 0.3) is 11.8 Å². The van der Waals surface area contributed by atoms with Gasteiger partial charge in [-0.15, -0.1) is 0 Å². The highest BCUT2D eigenvalue weighted by Gasteiger charge is 2.48. The van der Waals surface area contributed by atoms with Crippen LogP contribution in [0.25, 0.3) is 0 Å². The lowest BCUT2D eigenvalue weighted by Gasteiger charge is -2.41. The average molecular weight is 439 g/mol. The van der Waals surface area contributed by atoms with Crippen LogP contribution in [0.3, 0.4) is 0 Å². The third kappa shape index (κ3) is 3.68. The lowest BCUT2D eigenvalue weighted by Crippen LogP contribution is -2.54. The van der Waals surface area contributed by atoms with Crippen molar-refractivity contribution in [1.82, 2.24) is 20.5 Å². The van der Waals surface area contributed by atoms with Crippen molar-refractivity contribution in [3.05, 3.63) is 58.8 Å². The van der Waals surface area contributed by atoms with Gasteiger partial charge in [-0.1, -0.05) is 18.2 Å². The van der Waals surface area contributed by atoms with Gasteiger partial charge in [0.05, 0.1) is 0 Å². The normalized spacial score (nSPS) is 23.2. The number of amides is 4. The minimum absolute atomic E-state index is 0.0319. The number of hydrogen-bond donors (Lipinski definition) is 2. The number of aromatic nitrogens is 1. The number of carbonyl (C=O) groups excluding carboxylic acids is 3. The van der Waals surface area contributed by atoms with Crippen molar-refractivity contribution in [2.24, 2.45) is 0 Å². The molecule has 2 saturated heterocycles. The number of pyridine rings is 1. The van der Waals surface area contributed by atoms with Crippen LogP contribution in [0.1, 0.15) is 34.0 Å². The van der Waals surface area contributed by atoms with E-state index in [2.05, 4.69) is 26.6 Å². The van der Waals surface area contributed by atoms with Crippen molar-refractivity contribution in [2.45, 2.75) is 32.4 Å². The first-order valence-electron chi connectivity index (χ1n) is 10.5. The van der Waals surface area contributed by atoms with Gasteiger partial charge in [-0.3, -0.25) is 14.9 Å². The predicted molar refractivity (Wildman–Crippen MR) is 117 cm³/mol. The third-order valence-corrected chi connectivity index (χ3v) is 6.14. The van der Waals surface area contributed by atoms with Crippen LogP contribution in [-0.2, 0) is 10.3 Å². The number of imide groups is 1. The monoisotopic (exact) mass is 439 g/mol. The summed E-state index contributed by atoms with van der Waals surface area (Å²) in [6.07, 6.45) is 1.85. The van der Waals surface area contributed by atoms with Crippen molar-refractivity contribution in [3.8, 4) is 0 Å². The number of halogens is 1. The fraction of sp³-hybridized carbons (Fsp3) is 0.391. The maximum absolute atomic E-state index is 13.7. The molecule has 32 heavy (non-hydrogen) atoms. The fourth-order valence-electron chi connectivity index (χ4n) is 4.42. The molecule has 2 aliphatic heterocycles. The molecule has 1 aromatic heterocycles. The molecular weight excluding hydrogens is 413 g/mol. The molecule has 2 aliphatic rings. The van der Waals surface area contributed by atoms with E-state index < -0.39 is 24.2 Å². The minimum atomic E-state index is -1.75. The van der Waals surface area contributed by atoms with Crippen LogP contribution in [-0.4, -0.2) is 60.1 Å². The Kier molecular flexibility index (Phi) is 5.58. The number of benzene rings is 1. The zero-order valence-corrected chi connectivity index (χ0v) is 18.3. The first-order valence-corrected chi connectivity index (χ1v) is 10.5. The van der Waals surface area contributed by atoms with Crippen LogP contribution in [0.5, 0.6) is 0 Å². The highest BCUT2D eigenvalue weighted by Crippen LogP contribution is 2.27. The van der Waals surface area contributed by atoms with Gasteiger partial charge in [-0.05, 0) is 49.6 Å². The summed E-state index contributed by atoms with van der Waals surface area (Å²) in [5, 5.41) is 4.41. The topological polar surface area (TPSA) is 94.6 Å². The molecule has 0 aliphatic carbocycles. The van der Waals surface area contributed by atoms with Gasteiger partial charge in [-0.25, -0.2) is 14.2 Å². The summed E-state index contributed by atoms with van der Waals surface area (Å²) in [5.41, 5.74) is 1.20. The second kappa shape index (κ2) is 8.22. The second-order valence-corrected chi connectivity index (χ2v) is 8.47. The van der Waals surface area contributed by atoms with Gasteiger partial charge in [-0.2, -0.15) is 0 Å². The quantitative estimate of drug-likeness (QED) is 0.711. The van der Waals surface area contributed by atoms with Gasteiger partial charge in [0.1, 0.15) is 12.5 Å². The van der Waals surface area contributed by atoms with Crippen LogP contribution < -0.4 is 15.5 Å². The van der Waals surface area contributed by atoms with Crippen molar-refractivity contribution >= 4 is 23.7 Å². The van der Waals surface area contributed by atoms with Crippen LogP contribution in [0.15, 0.2) is 36.5 Å². The number of alkyl halides is 1. The Labute approximate surface area is 185 Å². The van der Waals surface area contributed by atoms with Gasteiger partial charge >= 0.3 is 6.03 Å². The molecule has 0 saturated carbocycles. The van der Waals surface area contributed by atoms with E-state index in [1.54, 1.807) is 12.1 Å². The second-order valence-electron chi connectivity index (χ2n) is 8.47. The Bertz CT molecular complexity index is 1070. The lowest BCUT2D eigenvalue weighted by molar-refractivity contribution is -0.124. The average Bonchev–Trinajstić information content (AvgIpc) is 3.07. The van der Waals surface area contributed by atoms with Crippen LogP contribution in [0, 0.1) is 13.8 Å². The van der Waals surface area contributed by atoms with Crippen LogP contribution >= 0.6 is 0 Å². The summed E-state index contributed by atoms with van der Waals surface area (Å²) in [4.78, 5) is 45.3. The molecule has 0 spiro atoms. The molecule has 168 valence electrons. The summed E-state index contributed by atoms with van der Waals surface area (Å²) >= 11 is 0. The Morgan fingerprint density at radius 1 is 1.22 bits per heavy atom. The molecule has 2 atom stereocenters. The number of nitrogens with one attached hydrogen (secondary N) is 2. The Hall–Kier alpha value is -3.49. The van der Waals surface area contributed by atoms with Gasteiger partial charge < -0.3 is 15.1 Å². The first-order chi connectivity index (χ1) is 15.2. The Balaban J connectivity index is 1.48. The molecule has 8 nitrogen and oxygen atoms in total. The SMILES string of the molecule is Cc1cnc(N2CCN(C(=O)c3ccc(C4(CF)NC(=O)NC4=O)cc3)C(C)C2)c(C)c1. The van der Waals surface area contributed by atoms with E-state index in [4.69, 9.17) is 0 Å². The number of rotatable bonds is 4. The fourth-order valence-corrected chi connectivity index (χ4v) is 4.42. The molecule has 2 fully saturated rings. The number of anilines is 1. The molecule has 9 heteroatoms. The Morgan fingerprint density at radius 3 is 2.50 bits per heavy atom. The maximum Gasteiger partial charge on any atom is 0.322 e. The molecule has 2 N–H and O–H groups in total. The molecule has 0 bridgehead atoms. The summed E-state index contributed by atoms with van der Waals surface area (Å²) in [6.45, 7) is 6.85. The van der Waals surface area contributed by atoms with E-state index in [1.807, 2.05) is 31.9 Å². The molecule has 4 amide bonds. The predicted octanol–water partition coefficient (Wildman–Crippen LogP) is 2.05. The summed E-state index contributed by atoms with van der Waals surface area (Å²) in [7, 11) is 0. The highest BCUT2D eigenvalue weighted by atomic mass is 19.1. The molecule has 4 rings (SSSR count). The summed E-state index contributed by atoms with van der Waals surface area (Å²) < 4.78 is 13.7. The van der Waals surface area contributed by atoms with Gasteiger partial charge in [0, 0.05) is 37.4 Å².